The van der Waals surface area contributed by atoms with E-state index in [1.165, 1.54) is 0 Å². The van der Waals surface area contributed by atoms with E-state index in [1.54, 1.807) is 86.6 Å². The number of carbonyl (C=O) groups is 3. The third-order valence-corrected chi connectivity index (χ3v) is 6.78. The van der Waals surface area contributed by atoms with E-state index >= 15 is 0 Å². The Bertz CT molecular complexity index is 1360. The standard InChI is InChI=1S/C31H31N3O5/c1-31(2)38-26-24(33-29(36)21-14-8-4-9-15-21)18-23(19-32-28(35)20-12-6-3-7-13-20)25(27(26)39-31)34-30(37)22-16-10-5-11-17-22/h3-18,24-27H,19H2,1-2H3,(H,32,35)(H,33,36)(H,34,37)/t24-,25+,26+,27-/m0/s1. The van der Waals surface area contributed by atoms with Crippen LogP contribution < -0.4 is 16.0 Å². The molecule has 8 nitrogen and oxygen atoms in total. The van der Waals surface area contributed by atoms with Crippen molar-refractivity contribution in [2.45, 2.75) is 43.9 Å². The van der Waals surface area contributed by atoms with Crippen LogP contribution in [0.3, 0.4) is 0 Å². The third-order valence-electron chi connectivity index (χ3n) is 6.78. The summed E-state index contributed by atoms with van der Waals surface area (Å²) in [6, 6.07) is 25.5. The zero-order chi connectivity index (χ0) is 27.4. The molecule has 0 saturated carbocycles. The van der Waals surface area contributed by atoms with Gasteiger partial charge in [0.15, 0.2) is 5.79 Å². The Morgan fingerprint density at radius 1 is 0.667 bits per heavy atom. The largest absolute Gasteiger partial charge is 0.348 e. The highest BCUT2D eigenvalue weighted by molar-refractivity contribution is 5.96. The predicted octanol–water partition coefficient (Wildman–Crippen LogP) is 3.47. The molecule has 3 N–H and O–H groups in total. The molecule has 1 aliphatic carbocycles. The number of carbonyl (C=O) groups excluding carboxylic acids is 3. The van der Waals surface area contributed by atoms with Gasteiger partial charge in [-0.3, -0.25) is 14.4 Å². The fourth-order valence-corrected chi connectivity index (χ4v) is 4.97. The molecule has 0 radical (unpaired) electrons. The van der Waals surface area contributed by atoms with Gasteiger partial charge >= 0.3 is 0 Å². The predicted molar refractivity (Wildman–Crippen MR) is 146 cm³/mol. The summed E-state index contributed by atoms with van der Waals surface area (Å²) in [4.78, 5) is 39.2. The first kappa shape index (κ1) is 26.3. The lowest BCUT2D eigenvalue weighted by molar-refractivity contribution is -0.147. The average Bonchev–Trinajstić information content (AvgIpc) is 3.30. The van der Waals surface area contributed by atoms with Gasteiger partial charge < -0.3 is 25.4 Å². The van der Waals surface area contributed by atoms with Crippen molar-refractivity contribution in [1.82, 2.24) is 16.0 Å². The van der Waals surface area contributed by atoms with Gasteiger partial charge in [-0.15, -0.1) is 0 Å². The molecule has 200 valence electrons. The highest BCUT2D eigenvalue weighted by Gasteiger charge is 2.52. The van der Waals surface area contributed by atoms with Crippen molar-refractivity contribution in [2.24, 2.45) is 0 Å². The normalized spacial score (nSPS) is 23.2. The second-order valence-electron chi connectivity index (χ2n) is 10.0. The second kappa shape index (κ2) is 11.2. The Balaban J connectivity index is 1.45. The van der Waals surface area contributed by atoms with Crippen LogP contribution in [0.5, 0.6) is 0 Å². The van der Waals surface area contributed by atoms with E-state index in [4.69, 9.17) is 9.47 Å². The lowest BCUT2D eigenvalue weighted by Crippen LogP contribution is -2.59. The van der Waals surface area contributed by atoms with Crippen molar-refractivity contribution in [3.05, 3.63) is 119 Å². The fourth-order valence-electron chi connectivity index (χ4n) is 4.97. The number of fused-ring (bicyclic) bond motifs is 1. The van der Waals surface area contributed by atoms with Crippen molar-refractivity contribution < 1.29 is 23.9 Å². The zero-order valence-electron chi connectivity index (χ0n) is 21.8. The van der Waals surface area contributed by atoms with Crippen LogP contribution in [0.1, 0.15) is 44.9 Å². The van der Waals surface area contributed by atoms with Crippen molar-refractivity contribution in [1.29, 1.82) is 0 Å². The van der Waals surface area contributed by atoms with Crippen molar-refractivity contribution in [3.63, 3.8) is 0 Å². The summed E-state index contributed by atoms with van der Waals surface area (Å²) in [6.45, 7) is 3.74. The molecule has 39 heavy (non-hydrogen) atoms. The molecule has 1 saturated heterocycles. The van der Waals surface area contributed by atoms with E-state index in [0.29, 0.717) is 22.3 Å². The Morgan fingerprint density at radius 3 is 1.67 bits per heavy atom. The lowest BCUT2D eigenvalue weighted by atomic mass is 9.85. The van der Waals surface area contributed by atoms with Crippen LogP contribution >= 0.6 is 0 Å². The van der Waals surface area contributed by atoms with E-state index in [9.17, 15) is 14.4 Å². The van der Waals surface area contributed by atoms with Crippen LogP contribution in [0, 0.1) is 0 Å². The Labute approximate surface area is 227 Å². The van der Waals surface area contributed by atoms with Gasteiger partial charge in [0.05, 0.1) is 12.1 Å². The smallest absolute Gasteiger partial charge is 0.251 e. The molecule has 8 heteroatoms. The molecule has 1 aliphatic heterocycles. The summed E-state index contributed by atoms with van der Waals surface area (Å²) in [7, 11) is 0. The molecule has 4 atom stereocenters. The van der Waals surface area contributed by atoms with Crippen LogP contribution in [0.2, 0.25) is 0 Å². The van der Waals surface area contributed by atoms with Crippen molar-refractivity contribution >= 4 is 17.7 Å². The van der Waals surface area contributed by atoms with Crippen LogP contribution in [0.15, 0.2) is 103 Å². The maximum absolute atomic E-state index is 13.2. The molecule has 1 fully saturated rings. The quantitative estimate of drug-likeness (QED) is 0.410. The number of amides is 3. The van der Waals surface area contributed by atoms with Gasteiger partial charge in [0.2, 0.25) is 0 Å². The molecular formula is C31H31N3O5. The minimum atomic E-state index is -0.947. The van der Waals surface area contributed by atoms with Gasteiger partial charge in [-0.2, -0.15) is 0 Å². The third kappa shape index (κ3) is 6.08. The maximum Gasteiger partial charge on any atom is 0.251 e. The number of rotatable bonds is 7. The van der Waals surface area contributed by atoms with Gasteiger partial charge in [0, 0.05) is 23.2 Å². The Kier molecular flexibility index (Phi) is 7.58. The molecule has 0 bridgehead atoms. The summed E-state index contributed by atoms with van der Waals surface area (Å²) in [5.74, 6) is -1.74. The van der Waals surface area contributed by atoms with E-state index in [2.05, 4.69) is 16.0 Å². The summed E-state index contributed by atoms with van der Waals surface area (Å²) < 4.78 is 12.5. The second-order valence-corrected chi connectivity index (χ2v) is 10.0. The van der Waals surface area contributed by atoms with Crippen LogP contribution in [-0.2, 0) is 9.47 Å². The first-order chi connectivity index (χ1) is 18.8. The molecule has 2 aliphatic rings. The average molecular weight is 526 g/mol. The molecule has 3 aromatic rings. The van der Waals surface area contributed by atoms with Gasteiger partial charge in [-0.05, 0) is 55.8 Å². The van der Waals surface area contributed by atoms with E-state index in [1.807, 2.05) is 24.3 Å². The van der Waals surface area contributed by atoms with Gasteiger partial charge in [-0.1, -0.05) is 60.7 Å². The van der Waals surface area contributed by atoms with Crippen LogP contribution in [-0.4, -0.2) is 54.3 Å². The minimum Gasteiger partial charge on any atom is -0.348 e. The monoisotopic (exact) mass is 525 g/mol. The summed E-state index contributed by atoms with van der Waals surface area (Å²) in [5, 5.41) is 9.09. The lowest BCUT2D eigenvalue weighted by Gasteiger charge is -2.37. The zero-order valence-corrected chi connectivity index (χ0v) is 21.8. The molecule has 0 spiro atoms. The molecule has 5 rings (SSSR count). The van der Waals surface area contributed by atoms with Crippen LogP contribution in [0.4, 0.5) is 0 Å². The van der Waals surface area contributed by atoms with Gasteiger partial charge in [0.1, 0.15) is 12.2 Å². The van der Waals surface area contributed by atoms with Gasteiger partial charge in [-0.25, -0.2) is 0 Å². The summed E-state index contributed by atoms with van der Waals surface area (Å²) >= 11 is 0. The highest BCUT2D eigenvalue weighted by Crippen LogP contribution is 2.37. The number of nitrogens with one attached hydrogen (secondary N) is 3. The highest BCUT2D eigenvalue weighted by atomic mass is 16.8. The number of hydrogen-bond donors (Lipinski definition) is 3. The fraction of sp³-hybridized carbons (Fsp3) is 0.258. The summed E-state index contributed by atoms with van der Waals surface area (Å²) in [6.07, 6.45) is 0.679. The first-order valence-electron chi connectivity index (χ1n) is 12.9. The molecule has 3 amide bonds. The Morgan fingerprint density at radius 2 is 1.13 bits per heavy atom. The van der Waals surface area contributed by atoms with Crippen LogP contribution in [0.25, 0.3) is 0 Å². The number of benzene rings is 3. The SMILES string of the molecule is CC1(C)O[C@@H]2[C@H](O1)[C@@H](NC(=O)c1ccccc1)C=C(CNC(=O)c1ccccc1)[C@H]2NC(=O)c1ccccc1. The van der Waals surface area contributed by atoms with E-state index < -0.39 is 30.1 Å². The molecule has 0 aromatic heterocycles. The van der Waals surface area contributed by atoms with Crippen molar-refractivity contribution in [2.75, 3.05) is 6.54 Å². The topological polar surface area (TPSA) is 106 Å². The van der Waals surface area contributed by atoms with E-state index in [0.717, 1.165) is 0 Å². The minimum absolute atomic E-state index is 0.137. The van der Waals surface area contributed by atoms with Gasteiger partial charge in [0.25, 0.3) is 17.7 Å². The number of ether oxygens (including phenoxy) is 2. The molecular weight excluding hydrogens is 494 g/mol. The molecule has 1 heterocycles. The summed E-state index contributed by atoms with van der Waals surface area (Å²) in [5.41, 5.74) is 2.23. The molecule has 3 aromatic carbocycles. The Hall–Kier alpha value is -4.27. The van der Waals surface area contributed by atoms with Crippen molar-refractivity contribution in [3.8, 4) is 0 Å². The maximum atomic E-state index is 13.2. The van der Waals surface area contributed by atoms with E-state index in [-0.39, 0.29) is 24.3 Å². The number of hydrogen-bond acceptors (Lipinski definition) is 5. The first-order valence-corrected chi connectivity index (χ1v) is 12.9. The molecule has 0 unspecified atom stereocenters.